The molecule has 18 heavy (non-hydrogen) atoms. The van der Waals surface area contributed by atoms with Crippen LogP contribution in [0.3, 0.4) is 0 Å². The zero-order valence-electron chi connectivity index (χ0n) is 12.6. The summed E-state index contributed by atoms with van der Waals surface area (Å²) in [5.41, 5.74) is 0. The highest BCUT2D eigenvalue weighted by Crippen LogP contribution is 2.16. The van der Waals surface area contributed by atoms with Crippen molar-refractivity contribution in [2.24, 2.45) is 5.92 Å². The Morgan fingerprint density at radius 1 is 1.28 bits per heavy atom. The second-order valence-electron chi connectivity index (χ2n) is 5.35. The number of carbonyl (C=O) groups is 1. The third-order valence-corrected chi connectivity index (χ3v) is 3.72. The summed E-state index contributed by atoms with van der Waals surface area (Å²) in [4.78, 5) is 12.8. The van der Waals surface area contributed by atoms with Crippen LogP contribution in [0.25, 0.3) is 0 Å². The number of nitrogens with one attached hydrogen (secondary N) is 1. The Hall–Kier alpha value is -0.610. The van der Waals surface area contributed by atoms with Gasteiger partial charge in [-0.05, 0) is 33.4 Å². The lowest BCUT2D eigenvalue weighted by atomic mass is 9.93. The SMILES string of the molecule is CCC(CC)C(CNC(C)CCC(=O)O)N(C)C. The van der Waals surface area contributed by atoms with E-state index in [4.69, 9.17) is 5.11 Å². The quantitative estimate of drug-likeness (QED) is 0.631. The Bertz CT molecular complexity index is 228. The fraction of sp³-hybridized carbons (Fsp3) is 0.929. The highest BCUT2D eigenvalue weighted by atomic mass is 16.4. The summed E-state index contributed by atoms with van der Waals surface area (Å²) in [6.07, 6.45) is 3.30. The van der Waals surface area contributed by atoms with Crippen LogP contribution in [0.4, 0.5) is 0 Å². The van der Waals surface area contributed by atoms with Crippen LogP contribution in [0.1, 0.15) is 46.5 Å². The largest absolute Gasteiger partial charge is 0.481 e. The smallest absolute Gasteiger partial charge is 0.303 e. The van der Waals surface area contributed by atoms with E-state index in [-0.39, 0.29) is 12.5 Å². The molecular formula is C14H30N2O2. The van der Waals surface area contributed by atoms with Crippen LogP contribution in [-0.4, -0.2) is 48.7 Å². The van der Waals surface area contributed by atoms with E-state index in [9.17, 15) is 4.79 Å². The first-order chi connectivity index (χ1) is 8.42. The molecule has 4 heteroatoms. The molecule has 108 valence electrons. The molecule has 0 saturated carbocycles. The fourth-order valence-electron chi connectivity index (χ4n) is 2.37. The molecule has 0 aliphatic heterocycles. The van der Waals surface area contributed by atoms with Crippen LogP contribution in [0.2, 0.25) is 0 Å². The summed E-state index contributed by atoms with van der Waals surface area (Å²) in [6.45, 7) is 7.46. The molecule has 0 spiro atoms. The standard InChI is InChI=1S/C14H30N2O2/c1-6-12(7-2)13(16(4)5)10-15-11(3)8-9-14(17)18/h11-13,15H,6-10H2,1-5H3,(H,17,18). The van der Waals surface area contributed by atoms with E-state index in [0.29, 0.717) is 18.4 Å². The van der Waals surface area contributed by atoms with Crippen LogP contribution < -0.4 is 5.32 Å². The van der Waals surface area contributed by atoms with E-state index in [1.54, 1.807) is 0 Å². The zero-order valence-corrected chi connectivity index (χ0v) is 12.6. The zero-order chi connectivity index (χ0) is 14.1. The maximum Gasteiger partial charge on any atom is 0.303 e. The Morgan fingerprint density at radius 3 is 2.22 bits per heavy atom. The molecule has 0 aromatic carbocycles. The lowest BCUT2D eigenvalue weighted by Crippen LogP contribution is -2.45. The number of likely N-dealkylation sites (N-methyl/N-ethyl adjacent to an activating group) is 1. The van der Waals surface area contributed by atoms with Crippen LogP contribution in [0, 0.1) is 5.92 Å². The van der Waals surface area contributed by atoms with Gasteiger partial charge in [-0.15, -0.1) is 0 Å². The van der Waals surface area contributed by atoms with Gasteiger partial charge in [0.2, 0.25) is 0 Å². The molecule has 0 rings (SSSR count). The maximum absolute atomic E-state index is 10.5. The average Bonchev–Trinajstić information content (AvgIpc) is 2.31. The third kappa shape index (κ3) is 6.97. The molecule has 0 aliphatic rings. The Labute approximate surface area is 112 Å². The van der Waals surface area contributed by atoms with Crippen molar-refractivity contribution in [3.05, 3.63) is 0 Å². The number of hydrogen-bond donors (Lipinski definition) is 2. The molecule has 0 aromatic heterocycles. The molecule has 0 fully saturated rings. The second kappa shape index (κ2) is 9.34. The van der Waals surface area contributed by atoms with Crippen LogP contribution >= 0.6 is 0 Å². The van der Waals surface area contributed by atoms with Gasteiger partial charge in [0.05, 0.1) is 0 Å². The van der Waals surface area contributed by atoms with Crippen molar-refractivity contribution < 1.29 is 9.90 Å². The van der Waals surface area contributed by atoms with Gasteiger partial charge in [-0.1, -0.05) is 26.7 Å². The Morgan fingerprint density at radius 2 is 1.83 bits per heavy atom. The monoisotopic (exact) mass is 258 g/mol. The molecule has 0 aromatic rings. The molecular weight excluding hydrogens is 228 g/mol. The molecule has 0 radical (unpaired) electrons. The summed E-state index contributed by atoms with van der Waals surface area (Å²) in [5.74, 6) is -0.0213. The van der Waals surface area contributed by atoms with Gasteiger partial charge in [0, 0.05) is 25.0 Å². The Balaban J connectivity index is 4.14. The number of aliphatic carboxylic acids is 1. The Kier molecular flexibility index (Phi) is 9.02. The van der Waals surface area contributed by atoms with Crippen molar-refractivity contribution in [2.45, 2.75) is 58.5 Å². The minimum absolute atomic E-state index is 0.242. The highest BCUT2D eigenvalue weighted by molar-refractivity contribution is 5.66. The van der Waals surface area contributed by atoms with Crippen LogP contribution in [0.5, 0.6) is 0 Å². The van der Waals surface area contributed by atoms with Gasteiger partial charge in [-0.25, -0.2) is 0 Å². The van der Waals surface area contributed by atoms with E-state index < -0.39 is 5.97 Å². The summed E-state index contributed by atoms with van der Waals surface area (Å²) in [7, 11) is 4.24. The van der Waals surface area contributed by atoms with Crippen molar-refractivity contribution in [3.8, 4) is 0 Å². The number of rotatable bonds is 10. The number of carboxylic acid groups (broad SMARTS) is 1. The van der Waals surface area contributed by atoms with Gasteiger partial charge in [0.25, 0.3) is 0 Å². The van der Waals surface area contributed by atoms with Crippen molar-refractivity contribution in [3.63, 3.8) is 0 Å². The van der Waals surface area contributed by atoms with Crippen molar-refractivity contribution >= 4 is 5.97 Å². The van der Waals surface area contributed by atoms with Gasteiger partial charge in [-0.2, -0.15) is 0 Å². The summed E-state index contributed by atoms with van der Waals surface area (Å²) in [6, 6.07) is 0.783. The number of carboxylic acids is 1. The van der Waals surface area contributed by atoms with Gasteiger partial charge >= 0.3 is 5.97 Å². The molecule has 4 nitrogen and oxygen atoms in total. The van der Waals surface area contributed by atoms with Crippen molar-refractivity contribution in [1.29, 1.82) is 0 Å². The van der Waals surface area contributed by atoms with E-state index in [2.05, 4.69) is 45.1 Å². The lowest BCUT2D eigenvalue weighted by molar-refractivity contribution is -0.137. The normalized spacial score (nSPS) is 15.1. The number of hydrogen-bond acceptors (Lipinski definition) is 3. The second-order valence-corrected chi connectivity index (χ2v) is 5.35. The summed E-state index contributed by atoms with van der Waals surface area (Å²) in [5, 5.41) is 12.1. The predicted molar refractivity (Wildman–Crippen MR) is 75.9 cm³/mol. The number of nitrogens with zero attached hydrogens (tertiary/aromatic N) is 1. The van der Waals surface area contributed by atoms with Crippen molar-refractivity contribution in [1.82, 2.24) is 10.2 Å². The third-order valence-electron chi connectivity index (χ3n) is 3.72. The summed E-state index contributed by atoms with van der Waals surface area (Å²) >= 11 is 0. The van der Waals surface area contributed by atoms with Gasteiger partial charge < -0.3 is 15.3 Å². The highest BCUT2D eigenvalue weighted by Gasteiger charge is 2.20. The predicted octanol–water partition coefficient (Wildman–Crippen LogP) is 2.20. The molecule has 0 amide bonds. The molecule has 2 N–H and O–H groups in total. The van der Waals surface area contributed by atoms with Crippen molar-refractivity contribution in [2.75, 3.05) is 20.6 Å². The van der Waals surface area contributed by atoms with Crippen LogP contribution in [-0.2, 0) is 4.79 Å². The molecule has 2 unspecified atom stereocenters. The fourth-order valence-corrected chi connectivity index (χ4v) is 2.37. The average molecular weight is 258 g/mol. The van der Waals surface area contributed by atoms with Gasteiger partial charge in [0.1, 0.15) is 0 Å². The molecule has 0 saturated heterocycles. The molecule has 0 bridgehead atoms. The lowest BCUT2D eigenvalue weighted by Gasteiger charge is -2.32. The minimum Gasteiger partial charge on any atom is -0.481 e. The first-order valence-corrected chi connectivity index (χ1v) is 7.03. The maximum atomic E-state index is 10.5. The first kappa shape index (κ1) is 17.4. The molecule has 0 aliphatic carbocycles. The van der Waals surface area contributed by atoms with E-state index in [0.717, 1.165) is 6.54 Å². The molecule has 0 heterocycles. The molecule has 2 atom stereocenters. The van der Waals surface area contributed by atoms with E-state index in [1.165, 1.54) is 12.8 Å². The summed E-state index contributed by atoms with van der Waals surface area (Å²) < 4.78 is 0. The van der Waals surface area contributed by atoms with Gasteiger partial charge in [0.15, 0.2) is 0 Å². The topological polar surface area (TPSA) is 52.6 Å². The van der Waals surface area contributed by atoms with Crippen LogP contribution in [0.15, 0.2) is 0 Å². The van der Waals surface area contributed by atoms with E-state index in [1.807, 2.05) is 0 Å². The first-order valence-electron chi connectivity index (χ1n) is 7.03. The van der Waals surface area contributed by atoms with Gasteiger partial charge in [-0.3, -0.25) is 4.79 Å². The minimum atomic E-state index is -0.715. The van der Waals surface area contributed by atoms with E-state index >= 15 is 0 Å².